The van der Waals surface area contributed by atoms with Crippen molar-refractivity contribution in [1.82, 2.24) is 0 Å². The Morgan fingerprint density at radius 1 is 1.57 bits per heavy atom. The van der Waals surface area contributed by atoms with Crippen LogP contribution in [-0.2, 0) is 19.6 Å². The third-order valence-electron chi connectivity index (χ3n) is 1.45. The normalized spacial score (nSPS) is 15.7. The number of ether oxygens (including phenoxy) is 1. The maximum Gasteiger partial charge on any atom is 0.340 e. The monoisotopic (exact) mass is 224 g/mol. The zero-order chi connectivity index (χ0) is 11.6. The molecule has 0 saturated heterocycles. The van der Waals surface area contributed by atoms with Crippen molar-refractivity contribution >= 4 is 16.1 Å². The molecule has 14 heavy (non-hydrogen) atoms. The molecule has 82 valence electrons. The number of hydrogen-bond donors (Lipinski definition) is 2. The molecule has 0 saturated carbocycles. The van der Waals surface area contributed by atoms with Gasteiger partial charge in [-0.2, -0.15) is 8.42 Å². The average Bonchev–Trinajstić information content (AvgIpc) is 2.01. The molecule has 0 aromatic carbocycles. The first-order valence-electron chi connectivity index (χ1n) is 3.72. The van der Waals surface area contributed by atoms with Crippen LogP contribution in [0.1, 0.15) is 20.3 Å². The first-order valence-corrected chi connectivity index (χ1v) is 5.16. The summed E-state index contributed by atoms with van der Waals surface area (Å²) in [7, 11) is -4.87. The Morgan fingerprint density at radius 3 is 2.21 bits per heavy atom. The SMILES string of the molecule is C=C(C)C(=O)OC(O)(CC)S(=O)(=O)O. The summed E-state index contributed by atoms with van der Waals surface area (Å²) in [4.78, 5) is 10.9. The fourth-order valence-electron chi connectivity index (χ4n) is 0.539. The summed E-state index contributed by atoms with van der Waals surface area (Å²) < 4.78 is 34.1. The molecular weight excluding hydrogens is 212 g/mol. The lowest BCUT2D eigenvalue weighted by Gasteiger charge is -2.22. The van der Waals surface area contributed by atoms with Gasteiger partial charge in [-0.05, 0) is 6.92 Å². The molecule has 0 aliphatic heterocycles. The van der Waals surface area contributed by atoms with E-state index in [1.165, 1.54) is 13.8 Å². The molecule has 0 aromatic rings. The van der Waals surface area contributed by atoms with Gasteiger partial charge in [0.15, 0.2) is 0 Å². The minimum absolute atomic E-state index is 0.0828. The van der Waals surface area contributed by atoms with E-state index in [4.69, 9.17) is 4.55 Å². The van der Waals surface area contributed by atoms with Gasteiger partial charge in [0.25, 0.3) is 0 Å². The molecule has 0 aliphatic rings. The lowest BCUT2D eigenvalue weighted by molar-refractivity contribution is -0.176. The molecular formula is C7H12O6S. The van der Waals surface area contributed by atoms with Crippen LogP contribution in [0, 0.1) is 0 Å². The molecule has 0 bridgehead atoms. The molecule has 1 unspecified atom stereocenters. The number of carbonyl (C=O) groups is 1. The van der Waals surface area contributed by atoms with Gasteiger partial charge in [0, 0.05) is 12.0 Å². The van der Waals surface area contributed by atoms with E-state index in [0.717, 1.165) is 0 Å². The van der Waals surface area contributed by atoms with Crippen LogP contribution in [0.2, 0.25) is 0 Å². The summed E-state index contributed by atoms with van der Waals surface area (Å²) in [5.41, 5.74) is -0.0828. The molecule has 0 spiro atoms. The van der Waals surface area contributed by atoms with Crippen molar-refractivity contribution in [3.8, 4) is 0 Å². The van der Waals surface area contributed by atoms with Gasteiger partial charge >= 0.3 is 21.2 Å². The van der Waals surface area contributed by atoms with Gasteiger partial charge in [-0.1, -0.05) is 13.5 Å². The number of carbonyl (C=O) groups excluding carboxylic acids is 1. The van der Waals surface area contributed by atoms with Crippen LogP contribution in [0.15, 0.2) is 12.2 Å². The highest BCUT2D eigenvalue weighted by molar-refractivity contribution is 7.86. The van der Waals surface area contributed by atoms with E-state index in [0.29, 0.717) is 0 Å². The van der Waals surface area contributed by atoms with Crippen LogP contribution in [0.5, 0.6) is 0 Å². The Labute approximate surface area is 81.9 Å². The van der Waals surface area contributed by atoms with Gasteiger partial charge in [0.1, 0.15) is 0 Å². The first-order chi connectivity index (χ1) is 6.14. The zero-order valence-corrected chi connectivity index (χ0v) is 8.67. The van der Waals surface area contributed by atoms with Crippen molar-refractivity contribution < 1.29 is 27.6 Å². The third-order valence-corrected chi connectivity index (χ3v) is 2.63. The van der Waals surface area contributed by atoms with Crippen molar-refractivity contribution in [2.45, 2.75) is 25.4 Å². The Morgan fingerprint density at radius 2 is 2.00 bits per heavy atom. The molecule has 2 N–H and O–H groups in total. The molecule has 1 atom stereocenters. The van der Waals surface area contributed by atoms with Crippen molar-refractivity contribution in [3.05, 3.63) is 12.2 Å². The summed E-state index contributed by atoms with van der Waals surface area (Å²) in [6, 6.07) is 0. The van der Waals surface area contributed by atoms with Gasteiger partial charge in [0.2, 0.25) is 0 Å². The highest BCUT2D eigenvalue weighted by Crippen LogP contribution is 2.20. The summed E-state index contributed by atoms with van der Waals surface area (Å²) in [6.07, 6.45) is -0.481. The quantitative estimate of drug-likeness (QED) is 0.303. The summed E-state index contributed by atoms with van der Waals surface area (Å²) in [5.74, 6) is -1.09. The second-order valence-corrected chi connectivity index (χ2v) is 4.30. The average molecular weight is 224 g/mol. The largest absolute Gasteiger partial charge is 0.413 e. The lowest BCUT2D eigenvalue weighted by Crippen LogP contribution is -2.42. The summed E-state index contributed by atoms with van der Waals surface area (Å²) >= 11 is 0. The van der Waals surface area contributed by atoms with E-state index in [9.17, 15) is 18.3 Å². The minimum atomic E-state index is -4.87. The highest BCUT2D eigenvalue weighted by atomic mass is 32.2. The number of esters is 1. The number of hydrogen-bond acceptors (Lipinski definition) is 5. The molecule has 7 heteroatoms. The van der Waals surface area contributed by atoms with Gasteiger partial charge in [-0.15, -0.1) is 0 Å². The van der Waals surface area contributed by atoms with Crippen LogP contribution in [-0.4, -0.2) is 29.2 Å². The fourth-order valence-corrected chi connectivity index (χ4v) is 1.08. The van der Waals surface area contributed by atoms with Crippen LogP contribution >= 0.6 is 0 Å². The second kappa shape index (κ2) is 4.07. The van der Waals surface area contributed by atoms with E-state index in [2.05, 4.69) is 11.3 Å². The molecule has 0 rings (SSSR count). The number of rotatable bonds is 4. The van der Waals surface area contributed by atoms with Crippen molar-refractivity contribution in [2.75, 3.05) is 0 Å². The Kier molecular flexibility index (Phi) is 3.81. The maximum atomic E-state index is 10.9. The second-order valence-electron chi connectivity index (χ2n) is 2.71. The fraction of sp³-hybridized carbons (Fsp3) is 0.571. The van der Waals surface area contributed by atoms with Crippen LogP contribution in [0.4, 0.5) is 0 Å². The van der Waals surface area contributed by atoms with Crippen molar-refractivity contribution in [3.63, 3.8) is 0 Å². The predicted molar refractivity (Wildman–Crippen MR) is 47.7 cm³/mol. The zero-order valence-electron chi connectivity index (χ0n) is 7.85. The first kappa shape index (κ1) is 13.1. The molecule has 0 aromatic heterocycles. The van der Waals surface area contributed by atoms with Gasteiger partial charge in [-0.25, -0.2) is 4.79 Å². The van der Waals surface area contributed by atoms with Crippen molar-refractivity contribution in [1.29, 1.82) is 0 Å². The lowest BCUT2D eigenvalue weighted by atomic mass is 10.3. The number of aliphatic hydroxyl groups is 1. The van der Waals surface area contributed by atoms with E-state index in [-0.39, 0.29) is 5.57 Å². The van der Waals surface area contributed by atoms with E-state index < -0.39 is 27.6 Å². The van der Waals surface area contributed by atoms with E-state index in [1.807, 2.05) is 0 Å². The van der Waals surface area contributed by atoms with Crippen LogP contribution in [0.3, 0.4) is 0 Å². The third kappa shape index (κ3) is 2.79. The summed E-state index contributed by atoms with van der Waals surface area (Å²) in [6.45, 7) is 5.71. The van der Waals surface area contributed by atoms with Crippen LogP contribution in [0.25, 0.3) is 0 Å². The van der Waals surface area contributed by atoms with Gasteiger partial charge in [-0.3, -0.25) is 4.55 Å². The molecule has 0 fully saturated rings. The smallest absolute Gasteiger partial charge is 0.340 e. The predicted octanol–water partition coefficient (Wildman–Crippen LogP) is 0.0496. The Balaban J connectivity index is 4.93. The molecule has 0 aliphatic carbocycles. The summed E-state index contributed by atoms with van der Waals surface area (Å²) in [5, 5.41) is 6.35. The Hall–Kier alpha value is -0.920. The Bertz CT molecular complexity index is 343. The minimum Gasteiger partial charge on any atom is -0.413 e. The van der Waals surface area contributed by atoms with Gasteiger partial charge in [0.05, 0.1) is 0 Å². The van der Waals surface area contributed by atoms with Crippen molar-refractivity contribution in [2.24, 2.45) is 0 Å². The van der Waals surface area contributed by atoms with E-state index in [1.54, 1.807) is 0 Å². The topological polar surface area (TPSA) is 101 Å². The molecule has 6 nitrogen and oxygen atoms in total. The highest BCUT2D eigenvalue weighted by Gasteiger charge is 2.43. The van der Waals surface area contributed by atoms with E-state index >= 15 is 0 Å². The molecule has 0 heterocycles. The standard InChI is InChI=1S/C7H12O6S/c1-4-7(9,14(10,11)12)13-6(8)5(2)3/h9H,2,4H2,1,3H3,(H,10,11,12). The maximum absolute atomic E-state index is 10.9. The van der Waals surface area contributed by atoms with Crippen LogP contribution < -0.4 is 0 Å². The molecule has 0 amide bonds. The van der Waals surface area contributed by atoms with Gasteiger partial charge < -0.3 is 9.84 Å². The molecule has 0 radical (unpaired) electrons.